The summed E-state index contributed by atoms with van der Waals surface area (Å²) in [7, 11) is 1.88. The number of rotatable bonds is 1. The average Bonchev–Trinajstić information content (AvgIpc) is 2.65. The van der Waals surface area contributed by atoms with Gasteiger partial charge in [-0.05, 0) is 26.2 Å². The van der Waals surface area contributed by atoms with Gasteiger partial charge in [0, 0.05) is 20.1 Å². The van der Waals surface area contributed by atoms with Gasteiger partial charge in [-0.2, -0.15) is 5.10 Å². The van der Waals surface area contributed by atoms with Crippen LogP contribution in [0.25, 0.3) is 11.0 Å². The molecule has 0 radical (unpaired) electrons. The zero-order valence-electron chi connectivity index (χ0n) is 11.4. The summed E-state index contributed by atoms with van der Waals surface area (Å²) in [6.07, 6.45) is 5.97. The molecule has 1 fully saturated rings. The fourth-order valence-electron chi connectivity index (χ4n) is 2.68. The highest BCUT2D eigenvalue weighted by atomic mass is 16.3. The maximum Gasteiger partial charge on any atom is 0.163 e. The predicted molar refractivity (Wildman–Crippen MR) is 73.0 cm³/mol. The van der Waals surface area contributed by atoms with Crippen molar-refractivity contribution in [3.05, 3.63) is 12.5 Å². The van der Waals surface area contributed by atoms with Crippen LogP contribution in [0.4, 0.5) is 5.82 Å². The molecule has 1 saturated heterocycles. The summed E-state index contributed by atoms with van der Waals surface area (Å²) in [6, 6.07) is 0. The van der Waals surface area contributed by atoms with Crippen LogP contribution in [0, 0.1) is 0 Å². The first-order valence-electron chi connectivity index (χ1n) is 6.67. The minimum atomic E-state index is -0.560. The summed E-state index contributed by atoms with van der Waals surface area (Å²) in [5, 5.41) is 15.4. The van der Waals surface area contributed by atoms with Gasteiger partial charge in [0.15, 0.2) is 5.65 Å². The van der Waals surface area contributed by atoms with Crippen LogP contribution in [0.2, 0.25) is 0 Å². The summed E-state index contributed by atoms with van der Waals surface area (Å²) in [4.78, 5) is 10.9. The van der Waals surface area contributed by atoms with E-state index in [-0.39, 0.29) is 0 Å². The molecule has 1 atom stereocenters. The Morgan fingerprint density at radius 3 is 2.95 bits per heavy atom. The average molecular weight is 261 g/mol. The molecule has 2 aromatic heterocycles. The van der Waals surface area contributed by atoms with E-state index in [9.17, 15) is 5.11 Å². The molecule has 0 saturated carbocycles. The standard InChI is InChI=1S/C13H19N5O/c1-13(19)4-3-6-18(7-5-13)12-10-8-16-17(2)11(10)14-9-15-12/h8-9,19H,3-7H2,1-2H3. The highest BCUT2D eigenvalue weighted by Gasteiger charge is 2.26. The Balaban J connectivity index is 1.96. The van der Waals surface area contributed by atoms with Crippen molar-refractivity contribution in [2.24, 2.45) is 7.05 Å². The van der Waals surface area contributed by atoms with Crippen LogP contribution >= 0.6 is 0 Å². The van der Waals surface area contributed by atoms with Gasteiger partial charge in [-0.3, -0.25) is 4.68 Å². The van der Waals surface area contributed by atoms with Crippen molar-refractivity contribution in [1.29, 1.82) is 0 Å². The Bertz CT molecular complexity index is 592. The van der Waals surface area contributed by atoms with Gasteiger partial charge in [-0.1, -0.05) is 0 Å². The lowest BCUT2D eigenvalue weighted by Crippen LogP contribution is -2.28. The number of anilines is 1. The van der Waals surface area contributed by atoms with Gasteiger partial charge in [0.05, 0.1) is 17.2 Å². The third-order valence-electron chi connectivity index (χ3n) is 3.87. The Morgan fingerprint density at radius 2 is 2.11 bits per heavy atom. The topological polar surface area (TPSA) is 67.1 Å². The molecule has 1 aliphatic rings. The number of aryl methyl sites for hydroxylation is 1. The van der Waals surface area contributed by atoms with Gasteiger partial charge < -0.3 is 10.0 Å². The second-order valence-corrected chi connectivity index (χ2v) is 5.54. The van der Waals surface area contributed by atoms with Crippen molar-refractivity contribution in [1.82, 2.24) is 19.7 Å². The van der Waals surface area contributed by atoms with Gasteiger partial charge in [-0.15, -0.1) is 0 Å². The van der Waals surface area contributed by atoms with E-state index < -0.39 is 5.60 Å². The van der Waals surface area contributed by atoms with Crippen molar-refractivity contribution < 1.29 is 5.11 Å². The molecule has 6 nitrogen and oxygen atoms in total. The fourth-order valence-corrected chi connectivity index (χ4v) is 2.68. The lowest BCUT2D eigenvalue weighted by atomic mass is 9.98. The molecule has 0 bridgehead atoms. The smallest absolute Gasteiger partial charge is 0.163 e. The number of aromatic nitrogens is 4. The SMILES string of the molecule is Cn1ncc2c(N3CCCC(C)(O)CC3)ncnc21. The molecule has 0 aromatic carbocycles. The van der Waals surface area contributed by atoms with E-state index in [0.29, 0.717) is 0 Å². The molecular weight excluding hydrogens is 242 g/mol. The van der Waals surface area contributed by atoms with Gasteiger partial charge in [0.2, 0.25) is 0 Å². The first-order valence-corrected chi connectivity index (χ1v) is 6.67. The van der Waals surface area contributed by atoms with E-state index in [0.717, 1.165) is 49.2 Å². The zero-order valence-corrected chi connectivity index (χ0v) is 11.4. The zero-order chi connectivity index (χ0) is 13.5. The Kier molecular flexibility index (Phi) is 2.89. The van der Waals surface area contributed by atoms with Crippen molar-refractivity contribution in [3.63, 3.8) is 0 Å². The molecule has 0 aliphatic carbocycles. The summed E-state index contributed by atoms with van der Waals surface area (Å²) >= 11 is 0. The number of fused-ring (bicyclic) bond motifs is 1. The molecule has 19 heavy (non-hydrogen) atoms. The highest BCUT2D eigenvalue weighted by Crippen LogP contribution is 2.27. The Hall–Kier alpha value is -1.69. The number of hydrogen-bond acceptors (Lipinski definition) is 5. The second kappa shape index (κ2) is 4.45. The van der Waals surface area contributed by atoms with Crippen LogP contribution in [0.1, 0.15) is 26.2 Å². The van der Waals surface area contributed by atoms with Crippen LogP contribution in [0.3, 0.4) is 0 Å². The van der Waals surface area contributed by atoms with Crippen LogP contribution in [0.5, 0.6) is 0 Å². The summed E-state index contributed by atoms with van der Waals surface area (Å²) in [5.41, 5.74) is 0.288. The Labute approximate surface area is 112 Å². The molecule has 0 spiro atoms. The van der Waals surface area contributed by atoms with E-state index in [1.54, 1.807) is 11.0 Å². The molecule has 6 heteroatoms. The quantitative estimate of drug-likeness (QED) is 0.832. The third-order valence-corrected chi connectivity index (χ3v) is 3.87. The summed E-state index contributed by atoms with van der Waals surface area (Å²) < 4.78 is 1.76. The number of aliphatic hydroxyl groups is 1. The van der Waals surface area contributed by atoms with Gasteiger partial charge in [-0.25, -0.2) is 9.97 Å². The maximum atomic E-state index is 10.2. The van der Waals surface area contributed by atoms with Crippen molar-refractivity contribution in [2.75, 3.05) is 18.0 Å². The largest absolute Gasteiger partial charge is 0.390 e. The maximum absolute atomic E-state index is 10.2. The van der Waals surface area contributed by atoms with Crippen molar-refractivity contribution in [2.45, 2.75) is 31.8 Å². The highest BCUT2D eigenvalue weighted by molar-refractivity contribution is 5.86. The molecule has 2 aromatic rings. The first-order chi connectivity index (χ1) is 9.07. The molecule has 1 unspecified atom stereocenters. The van der Waals surface area contributed by atoms with Crippen molar-refractivity contribution >= 4 is 16.9 Å². The fraction of sp³-hybridized carbons (Fsp3) is 0.615. The molecule has 0 amide bonds. The van der Waals surface area contributed by atoms with E-state index in [2.05, 4.69) is 20.0 Å². The van der Waals surface area contributed by atoms with Crippen LogP contribution in [-0.2, 0) is 7.05 Å². The number of hydrogen-bond donors (Lipinski definition) is 1. The number of nitrogens with zero attached hydrogens (tertiary/aromatic N) is 5. The molecule has 1 aliphatic heterocycles. The monoisotopic (exact) mass is 261 g/mol. The van der Waals surface area contributed by atoms with E-state index in [1.165, 1.54) is 0 Å². The predicted octanol–water partition coefficient (Wildman–Crippen LogP) is 1.10. The minimum absolute atomic E-state index is 0.560. The normalized spacial score (nSPS) is 24.7. The van der Waals surface area contributed by atoms with Gasteiger partial charge in [0.1, 0.15) is 12.1 Å². The van der Waals surface area contributed by atoms with Crippen LogP contribution < -0.4 is 4.90 Å². The summed E-state index contributed by atoms with van der Waals surface area (Å²) in [5.74, 6) is 0.927. The van der Waals surface area contributed by atoms with Gasteiger partial charge in [0.25, 0.3) is 0 Å². The van der Waals surface area contributed by atoms with E-state index in [4.69, 9.17) is 0 Å². The minimum Gasteiger partial charge on any atom is -0.390 e. The van der Waals surface area contributed by atoms with Gasteiger partial charge >= 0.3 is 0 Å². The Morgan fingerprint density at radius 1 is 1.26 bits per heavy atom. The summed E-state index contributed by atoms with van der Waals surface area (Å²) in [6.45, 7) is 3.64. The lowest BCUT2D eigenvalue weighted by molar-refractivity contribution is 0.0481. The van der Waals surface area contributed by atoms with E-state index >= 15 is 0 Å². The third kappa shape index (κ3) is 2.28. The molecule has 1 N–H and O–H groups in total. The van der Waals surface area contributed by atoms with E-state index in [1.807, 2.05) is 20.2 Å². The van der Waals surface area contributed by atoms with Crippen LogP contribution in [-0.4, -0.2) is 43.5 Å². The van der Waals surface area contributed by atoms with Crippen LogP contribution in [0.15, 0.2) is 12.5 Å². The molecule has 3 heterocycles. The first kappa shape index (κ1) is 12.3. The molecular formula is C13H19N5O. The molecule has 102 valence electrons. The lowest BCUT2D eigenvalue weighted by Gasteiger charge is -2.23. The molecule has 3 rings (SSSR count). The van der Waals surface area contributed by atoms with Crippen molar-refractivity contribution in [3.8, 4) is 0 Å². The second-order valence-electron chi connectivity index (χ2n) is 5.54.